The van der Waals surface area contributed by atoms with Crippen molar-refractivity contribution in [3.05, 3.63) is 77.0 Å². The quantitative estimate of drug-likeness (QED) is 0.488. The summed E-state index contributed by atoms with van der Waals surface area (Å²) in [6.45, 7) is 1.87. The van der Waals surface area contributed by atoms with Gasteiger partial charge in [0.05, 0.1) is 12.8 Å². The number of nitrogens with one attached hydrogen (secondary N) is 2. The maximum Gasteiger partial charge on any atom is 0.208 e. The zero-order valence-corrected chi connectivity index (χ0v) is 17.8. The average molecular weight is 440 g/mol. The summed E-state index contributed by atoms with van der Waals surface area (Å²) in [7, 11) is 0. The highest BCUT2D eigenvalue weighted by atomic mass is 19.1. The second-order valence-electron chi connectivity index (χ2n) is 8.30. The van der Waals surface area contributed by atoms with Crippen molar-refractivity contribution in [3.63, 3.8) is 0 Å². The highest BCUT2D eigenvalue weighted by molar-refractivity contribution is 5.78. The van der Waals surface area contributed by atoms with Gasteiger partial charge in [0.1, 0.15) is 17.6 Å². The lowest BCUT2D eigenvalue weighted by Crippen LogP contribution is -2.34. The molecular weight excluding hydrogens is 419 g/mol. The molecule has 1 unspecified atom stereocenters. The number of ether oxygens (including phenoxy) is 1. The zero-order chi connectivity index (χ0) is 22.4. The zero-order valence-electron chi connectivity index (χ0n) is 17.8. The van der Waals surface area contributed by atoms with Crippen LogP contribution in [-0.2, 0) is 13.0 Å². The molecule has 1 atom stereocenters. The summed E-state index contributed by atoms with van der Waals surface area (Å²) >= 11 is 0. The third-order valence-electron chi connectivity index (χ3n) is 6.42. The first kappa shape index (κ1) is 19.7. The molecule has 4 heterocycles. The van der Waals surface area contributed by atoms with Gasteiger partial charge in [-0.2, -0.15) is 5.26 Å². The van der Waals surface area contributed by atoms with E-state index < -0.39 is 0 Å². The van der Waals surface area contributed by atoms with Crippen molar-refractivity contribution >= 4 is 11.6 Å². The van der Waals surface area contributed by atoms with Gasteiger partial charge in [-0.05, 0) is 36.2 Å². The van der Waals surface area contributed by atoms with E-state index in [1.54, 1.807) is 22.9 Å². The van der Waals surface area contributed by atoms with Gasteiger partial charge in [0.2, 0.25) is 5.95 Å². The van der Waals surface area contributed by atoms with Crippen LogP contribution in [0.3, 0.4) is 0 Å². The van der Waals surface area contributed by atoms with Crippen molar-refractivity contribution in [1.29, 1.82) is 5.26 Å². The summed E-state index contributed by atoms with van der Waals surface area (Å²) in [5.74, 6) is 0.953. The Kier molecular flexibility index (Phi) is 4.70. The van der Waals surface area contributed by atoms with Crippen molar-refractivity contribution in [3.8, 4) is 22.9 Å². The minimum Gasteiger partial charge on any atom is -0.493 e. The summed E-state index contributed by atoms with van der Waals surface area (Å²) < 4.78 is 21.9. The monoisotopic (exact) mass is 440 g/mol. The molecule has 1 fully saturated rings. The number of halogens is 1. The number of fused-ring (bicyclic) bond motifs is 2. The minimum absolute atomic E-state index is 0.253. The van der Waals surface area contributed by atoms with Crippen LogP contribution in [0.25, 0.3) is 16.8 Å². The Morgan fingerprint density at radius 2 is 2.09 bits per heavy atom. The summed E-state index contributed by atoms with van der Waals surface area (Å²) in [6, 6.07) is 14.0. The van der Waals surface area contributed by atoms with Crippen molar-refractivity contribution in [2.24, 2.45) is 0 Å². The van der Waals surface area contributed by atoms with E-state index >= 15 is 0 Å². The van der Waals surface area contributed by atoms with E-state index in [1.165, 1.54) is 11.6 Å². The van der Waals surface area contributed by atoms with Gasteiger partial charge in [0.25, 0.3) is 0 Å². The smallest absolute Gasteiger partial charge is 0.208 e. The van der Waals surface area contributed by atoms with Crippen LogP contribution in [0.5, 0.6) is 5.75 Å². The van der Waals surface area contributed by atoms with E-state index in [2.05, 4.69) is 50.9 Å². The Labute approximate surface area is 189 Å². The van der Waals surface area contributed by atoms with Gasteiger partial charge in [-0.1, -0.05) is 24.3 Å². The van der Waals surface area contributed by atoms with Crippen LogP contribution >= 0.6 is 0 Å². The number of nitriles is 1. The van der Waals surface area contributed by atoms with E-state index in [1.807, 2.05) is 0 Å². The van der Waals surface area contributed by atoms with Crippen LogP contribution < -0.4 is 15.4 Å². The summed E-state index contributed by atoms with van der Waals surface area (Å²) in [5.41, 5.74) is 5.44. The molecule has 0 amide bonds. The molecule has 164 valence electrons. The van der Waals surface area contributed by atoms with Gasteiger partial charge in [0.15, 0.2) is 11.3 Å². The molecular formula is C25H21FN6O. The van der Waals surface area contributed by atoms with Crippen molar-refractivity contribution < 1.29 is 9.13 Å². The molecule has 8 heteroatoms. The van der Waals surface area contributed by atoms with Gasteiger partial charge < -0.3 is 15.4 Å². The molecule has 2 N–H and O–H groups in total. The number of rotatable bonds is 5. The average Bonchev–Trinajstić information content (AvgIpc) is 3.45. The molecule has 0 bridgehead atoms. The van der Waals surface area contributed by atoms with Gasteiger partial charge in [-0.25, -0.2) is 14.4 Å². The van der Waals surface area contributed by atoms with Crippen LogP contribution in [0.1, 0.15) is 34.8 Å². The van der Waals surface area contributed by atoms with Gasteiger partial charge in [-0.15, -0.1) is 0 Å². The molecule has 4 aromatic rings. The molecule has 0 spiro atoms. The Hall–Kier alpha value is -3.96. The van der Waals surface area contributed by atoms with Gasteiger partial charge in [0, 0.05) is 41.9 Å². The first-order chi connectivity index (χ1) is 16.2. The van der Waals surface area contributed by atoms with E-state index in [9.17, 15) is 9.65 Å². The molecule has 2 aliphatic rings. The maximum absolute atomic E-state index is 14.5. The fraction of sp³-hybridized carbons (Fsp3) is 0.240. The predicted octanol–water partition coefficient (Wildman–Crippen LogP) is 3.99. The normalized spacial score (nSPS) is 16.7. The Bertz CT molecular complexity index is 1400. The van der Waals surface area contributed by atoms with Gasteiger partial charge in [-0.3, -0.25) is 4.40 Å². The lowest BCUT2D eigenvalue weighted by atomic mass is 9.96. The third-order valence-corrected chi connectivity index (χ3v) is 6.42. The second-order valence-corrected chi connectivity index (χ2v) is 8.30. The van der Waals surface area contributed by atoms with E-state index in [0.717, 1.165) is 35.4 Å². The standard InChI is InChI=1S/C25H21FN6O/c26-21-5-6-23-18(8-10-33-23)20(21)13-30-25-29-12-19(24-31-17(11-27)14-32(24)25)15-1-3-16(4-2-15)22-7-9-28-22/h1-6,12,14,22,28H,7-10,13H2,(H,29,30). The molecule has 0 aliphatic carbocycles. The molecule has 2 aromatic carbocycles. The van der Waals surface area contributed by atoms with Crippen molar-refractivity contribution in [1.82, 2.24) is 19.7 Å². The fourth-order valence-electron chi connectivity index (χ4n) is 4.51. The molecule has 2 aliphatic heterocycles. The SMILES string of the molecule is N#Cc1cn2c(NCc3c(F)ccc4c3CCO4)ncc(-c3ccc(C4CCN4)cc3)c2n1. The topological polar surface area (TPSA) is 87.3 Å². The number of anilines is 1. The Balaban J connectivity index is 1.35. The van der Waals surface area contributed by atoms with Gasteiger partial charge >= 0.3 is 0 Å². The molecule has 0 saturated carbocycles. The van der Waals surface area contributed by atoms with Crippen molar-refractivity contribution in [2.75, 3.05) is 18.5 Å². The van der Waals surface area contributed by atoms with Crippen LogP contribution in [0.4, 0.5) is 10.3 Å². The molecule has 0 radical (unpaired) electrons. The highest BCUT2D eigenvalue weighted by Gasteiger charge is 2.21. The number of hydrogen-bond acceptors (Lipinski definition) is 6. The van der Waals surface area contributed by atoms with E-state index in [4.69, 9.17) is 4.74 Å². The fourth-order valence-corrected chi connectivity index (χ4v) is 4.51. The van der Waals surface area contributed by atoms with Crippen LogP contribution in [0.15, 0.2) is 48.8 Å². The highest BCUT2D eigenvalue weighted by Crippen LogP contribution is 2.32. The second kappa shape index (κ2) is 7.87. The maximum atomic E-state index is 14.5. The molecule has 1 saturated heterocycles. The van der Waals surface area contributed by atoms with Crippen molar-refractivity contribution in [2.45, 2.75) is 25.4 Å². The lowest BCUT2D eigenvalue weighted by Gasteiger charge is -2.28. The molecule has 6 rings (SSSR count). The van der Waals surface area contributed by atoms with E-state index in [0.29, 0.717) is 41.9 Å². The summed E-state index contributed by atoms with van der Waals surface area (Å²) in [6.07, 6.45) is 5.23. The number of benzene rings is 2. The third kappa shape index (κ3) is 3.38. The Morgan fingerprint density at radius 3 is 2.85 bits per heavy atom. The van der Waals surface area contributed by atoms with Crippen LogP contribution in [-0.4, -0.2) is 27.5 Å². The first-order valence-corrected chi connectivity index (χ1v) is 11.0. The number of imidazole rings is 1. The predicted molar refractivity (Wildman–Crippen MR) is 121 cm³/mol. The minimum atomic E-state index is -0.274. The summed E-state index contributed by atoms with van der Waals surface area (Å²) in [5, 5.41) is 16.1. The Morgan fingerprint density at radius 1 is 1.24 bits per heavy atom. The lowest BCUT2D eigenvalue weighted by molar-refractivity contribution is 0.356. The van der Waals surface area contributed by atoms with Crippen LogP contribution in [0, 0.1) is 17.1 Å². The van der Waals surface area contributed by atoms with Crippen LogP contribution in [0.2, 0.25) is 0 Å². The molecule has 7 nitrogen and oxygen atoms in total. The largest absolute Gasteiger partial charge is 0.493 e. The van der Waals surface area contributed by atoms with E-state index in [-0.39, 0.29) is 12.4 Å². The summed E-state index contributed by atoms with van der Waals surface area (Å²) in [4.78, 5) is 9.09. The number of hydrogen-bond donors (Lipinski definition) is 2. The number of aromatic nitrogens is 3. The number of nitrogens with zero attached hydrogens (tertiary/aromatic N) is 4. The first-order valence-electron chi connectivity index (χ1n) is 11.0. The molecule has 2 aromatic heterocycles. The molecule has 33 heavy (non-hydrogen) atoms.